The van der Waals surface area contributed by atoms with Gasteiger partial charge in [-0.25, -0.2) is 4.79 Å². The molecule has 0 bridgehead atoms. The van der Waals surface area contributed by atoms with Crippen molar-refractivity contribution in [2.75, 3.05) is 0 Å². The van der Waals surface area contributed by atoms with Crippen LogP contribution >= 0.6 is 15.9 Å². The van der Waals surface area contributed by atoms with Crippen LogP contribution in [0, 0.1) is 0 Å². The Hall–Kier alpha value is -1.07. The Balaban J connectivity index is 2.21. The first-order chi connectivity index (χ1) is 8.58. The molecule has 0 heterocycles. The largest absolute Gasteiger partial charge is 0.487 e. The summed E-state index contributed by atoms with van der Waals surface area (Å²) in [4.78, 5) is 11.1. The van der Waals surface area contributed by atoms with E-state index in [1.54, 1.807) is 12.1 Å². The average Bonchev–Trinajstić information content (AvgIpc) is 2.32. The van der Waals surface area contributed by atoms with E-state index in [2.05, 4.69) is 15.9 Å². The molecule has 1 aliphatic carbocycles. The molecule has 2 rings (SSSR count). The van der Waals surface area contributed by atoms with E-state index in [9.17, 15) is 9.90 Å². The van der Waals surface area contributed by atoms with Crippen LogP contribution in [0.25, 0.3) is 0 Å². The van der Waals surface area contributed by atoms with E-state index >= 15 is 0 Å². The number of aliphatic hydroxyl groups excluding tert-OH is 1. The zero-order valence-corrected chi connectivity index (χ0v) is 11.4. The fraction of sp³-hybridized carbons (Fsp3) is 0.462. The number of benzene rings is 1. The van der Waals surface area contributed by atoms with Gasteiger partial charge in [0.05, 0.1) is 6.10 Å². The van der Waals surface area contributed by atoms with E-state index in [1.807, 2.05) is 0 Å². The highest BCUT2D eigenvalue weighted by Crippen LogP contribution is 2.29. The van der Waals surface area contributed by atoms with Crippen molar-refractivity contribution in [1.82, 2.24) is 0 Å². The Labute approximate surface area is 114 Å². The quantitative estimate of drug-likeness (QED) is 0.900. The fourth-order valence-corrected chi connectivity index (χ4v) is 2.49. The highest BCUT2D eigenvalue weighted by molar-refractivity contribution is 9.10. The number of carbonyl (C=O) groups is 1. The van der Waals surface area contributed by atoms with E-state index in [4.69, 9.17) is 9.84 Å². The van der Waals surface area contributed by atoms with Crippen LogP contribution in [0.4, 0.5) is 0 Å². The van der Waals surface area contributed by atoms with Crippen molar-refractivity contribution in [3.8, 4) is 5.75 Å². The van der Waals surface area contributed by atoms with Gasteiger partial charge < -0.3 is 14.9 Å². The van der Waals surface area contributed by atoms with Gasteiger partial charge in [0.25, 0.3) is 0 Å². The summed E-state index contributed by atoms with van der Waals surface area (Å²) in [5, 5.41) is 18.9. The van der Waals surface area contributed by atoms with E-state index in [1.165, 1.54) is 6.07 Å². The molecule has 0 spiro atoms. The second-order valence-electron chi connectivity index (χ2n) is 4.45. The summed E-state index contributed by atoms with van der Waals surface area (Å²) in [6.07, 6.45) is 2.63. The highest BCUT2D eigenvalue weighted by Gasteiger charge is 2.26. The SMILES string of the molecule is O=C(O)c1ccc(Br)cc1OC1CCCCC1O. The van der Waals surface area contributed by atoms with Crippen LogP contribution in [0.2, 0.25) is 0 Å². The molecule has 0 radical (unpaired) electrons. The van der Waals surface area contributed by atoms with Crippen molar-refractivity contribution in [3.05, 3.63) is 28.2 Å². The zero-order chi connectivity index (χ0) is 13.1. The van der Waals surface area contributed by atoms with Gasteiger partial charge in [0.1, 0.15) is 17.4 Å². The smallest absolute Gasteiger partial charge is 0.339 e. The number of ether oxygens (including phenoxy) is 1. The summed E-state index contributed by atoms with van der Waals surface area (Å²) in [6.45, 7) is 0. The van der Waals surface area contributed by atoms with E-state index in [0.29, 0.717) is 12.2 Å². The summed E-state index contributed by atoms with van der Waals surface area (Å²) in [5.41, 5.74) is 0.121. The maximum absolute atomic E-state index is 11.1. The van der Waals surface area contributed by atoms with E-state index in [-0.39, 0.29) is 11.7 Å². The molecular weight excluding hydrogens is 300 g/mol. The molecule has 4 nitrogen and oxygen atoms in total. The molecule has 1 saturated carbocycles. The average molecular weight is 315 g/mol. The minimum Gasteiger partial charge on any atom is -0.487 e. The van der Waals surface area contributed by atoms with Gasteiger partial charge in [-0.3, -0.25) is 0 Å². The third-order valence-electron chi connectivity index (χ3n) is 3.12. The van der Waals surface area contributed by atoms with Gasteiger partial charge in [0, 0.05) is 4.47 Å². The maximum Gasteiger partial charge on any atom is 0.339 e. The van der Waals surface area contributed by atoms with Crippen molar-refractivity contribution in [2.45, 2.75) is 37.9 Å². The lowest BCUT2D eigenvalue weighted by Gasteiger charge is -2.28. The second kappa shape index (κ2) is 5.71. The maximum atomic E-state index is 11.1. The molecule has 1 aliphatic rings. The molecule has 1 aromatic rings. The van der Waals surface area contributed by atoms with Crippen LogP contribution in [0.1, 0.15) is 36.0 Å². The third kappa shape index (κ3) is 3.03. The zero-order valence-electron chi connectivity index (χ0n) is 9.80. The van der Waals surface area contributed by atoms with E-state index in [0.717, 1.165) is 23.7 Å². The van der Waals surface area contributed by atoms with Gasteiger partial charge in [0.2, 0.25) is 0 Å². The fourth-order valence-electron chi connectivity index (χ4n) is 2.15. The molecule has 1 aromatic carbocycles. The Kier molecular flexibility index (Phi) is 4.24. The van der Waals surface area contributed by atoms with Crippen LogP contribution in [0.3, 0.4) is 0 Å². The standard InChI is InChI=1S/C13H15BrO4/c14-8-5-6-9(13(16)17)12(7-8)18-11-4-2-1-3-10(11)15/h5-7,10-11,15H,1-4H2,(H,16,17). The lowest BCUT2D eigenvalue weighted by Crippen LogP contribution is -2.35. The lowest BCUT2D eigenvalue weighted by molar-refractivity contribution is 0.00603. The van der Waals surface area contributed by atoms with Crippen molar-refractivity contribution in [2.24, 2.45) is 0 Å². The number of aromatic carboxylic acids is 1. The summed E-state index contributed by atoms with van der Waals surface area (Å²) >= 11 is 3.29. The number of rotatable bonds is 3. The van der Waals surface area contributed by atoms with Crippen LogP contribution < -0.4 is 4.74 Å². The minimum absolute atomic E-state index is 0.121. The molecule has 5 heteroatoms. The Morgan fingerprint density at radius 1 is 1.33 bits per heavy atom. The first-order valence-corrected chi connectivity index (χ1v) is 6.75. The number of hydrogen-bond acceptors (Lipinski definition) is 3. The minimum atomic E-state index is -1.03. The Morgan fingerprint density at radius 3 is 2.72 bits per heavy atom. The predicted molar refractivity (Wildman–Crippen MR) is 70.0 cm³/mol. The first-order valence-electron chi connectivity index (χ1n) is 5.95. The van der Waals surface area contributed by atoms with Crippen molar-refractivity contribution >= 4 is 21.9 Å². The highest BCUT2D eigenvalue weighted by atomic mass is 79.9. The van der Waals surface area contributed by atoms with E-state index < -0.39 is 12.1 Å². The summed E-state index contributed by atoms with van der Waals surface area (Å²) in [7, 11) is 0. The van der Waals surface area contributed by atoms with Crippen molar-refractivity contribution in [3.63, 3.8) is 0 Å². The predicted octanol–water partition coefficient (Wildman–Crippen LogP) is 2.83. The molecule has 2 N–H and O–H groups in total. The molecular formula is C13H15BrO4. The van der Waals surface area contributed by atoms with Crippen LogP contribution in [-0.2, 0) is 0 Å². The molecule has 1 fully saturated rings. The van der Waals surface area contributed by atoms with Crippen molar-refractivity contribution < 1.29 is 19.7 Å². The molecule has 0 amide bonds. The molecule has 0 saturated heterocycles. The lowest BCUT2D eigenvalue weighted by atomic mass is 9.95. The first kappa shape index (κ1) is 13.4. The van der Waals surface area contributed by atoms with Gasteiger partial charge in [-0.2, -0.15) is 0 Å². The summed E-state index contributed by atoms with van der Waals surface area (Å²) in [6, 6.07) is 4.79. The molecule has 98 valence electrons. The molecule has 2 atom stereocenters. The Morgan fingerprint density at radius 2 is 2.06 bits per heavy atom. The Bertz CT molecular complexity index is 447. The van der Waals surface area contributed by atoms with Crippen LogP contribution in [0.15, 0.2) is 22.7 Å². The summed E-state index contributed by atoms with van der Waals surface area (Å²) in [5.74, 6) is -0.717. The second-order valence-corrected chi connectivity index (χ2v) is 5.37. The van der Waals surface area contributed by atoms with Gasteiger partial charge in [0.15, 0.2) is 0 Å². The van der Waals surface area contributed by atoms with Crippen LogP contribution in [-0.4, -0.2) is 28.4 Å². The summed E-state index contributed by atoms with van der Waals surface area (Å²) < 4.78 is 6.44. The molecule has 18 heavy (non-hydrogen) atoms. The van der Waals surface area contributed by atoms with Gasteiger partial charge in [-0.05, 0) is 37.5 Å². The number of aliphatic hydroxyl groups is 1. The van der Waals surface area contributed by atoms with Crippen molar-refractivity contribution in [1.29, 1.82) is 0 Å². The molecule has 0 aliphatic heterocycles. The number of carboxylic acids is 1. The van der Waals surface area contributed by atoms with Gasteiger partial charge in [-0.15, -0.1) is 0 Å². The van der Waals surface area contributed by atoms with Crippen LogP contribution in [0.5, 0.6) is 5.75 Å². The monoisotopic (exact) mass is 314 g/mol. The number of halogens is 1. The normalized spacial score (nSPS) is 23.7. The number of hydrogen-bond donors (Lipinski definition) is 2. The molecule has 2 unspecified atom stereocenters. The van der Waals surface area contributed by atoms with Gasteiger partial charge in [-0.1, -0.05) is 22.4 Å². The number of carboxylic acid groups (broad SMARTS) is 1. The third-order valence-corrected chi connectivity index (χ3v) is 3.61. The molecule has 0 aromatic heterocycles. The topological polar surface area (TPSA) is 66.8 Å². The van der Waals surface area contributed by atoms with Gasteiger partial charge >= 0.3 is 5.97 Å².